The van der Waals surface area contributed by atoms with Crippen molar-refractivity contribution in [2.75, 3.05) is 13.7 Å². The third kappa shape index (κ3) is 2.64. The highest BCUT2D eigenvalue weighted by atomic mass is 16.5. The standard InChI is InChI=1S/C17H25NO/c1-17(8-5-9-17)12-18-14-10-13(11-14)15-6-3-4-7-16(15)19-2/h3-4,6-7,13-14,18H,5,8-12H2,1-2H3. The van der Waals surface area contributed by atoms with Crippen LogP contribution in [-0.2, 0) is 0 Å². The highest BCUT2D eigenvalue weighted by Gasteiger charge is 2.36. The molecule has 3 rings (SSSR count). The molecular formula is C17H25NO. The predicted octanol–water partition coefficient (Wildman–Crippen LogP) is 3.72. The van der Waals surface area contributed by atoms with E-state index in [1.54, 1.807) is 7.11 Å². The maximum absolute atomic E-state index is 5.46. The second-order valence-corrected chi connectivity index (χ2v) is 6.65. The molecule has 2 nitrogen and oxygen atoms in total. The first kappa shape index (κ1) is 13.0. The second-order valence-electron chi connectivity index (χ2n) is 6.65. The van der Waals surface area contributed by atoms with Gasteiger partial charge in [-0.2, -0.15) is 0 Å². The molecule has 104 valence electrons. The van der Waals surface area contributed by atoms with Crippen molar-refractivity contribution in [3.63, 3.8) is 0 Å². The van der Waals surface area contributed by atoms with Gasteiger partial charge in [0.15, 0.2) is 0 Å². The predicted molar refractivity (Wildman–Crippen MR) is 78.7 cm³/mol. The molecule has 2 aliphatic carbocycles. The van der Waals surface area contributed by atoms with Crippen LogP contribution < -0.4 is 10.1 Å². The Labute approximate surface area is 116 Å². The van der Waals surface area contributed by atoms with Crippen LogP contribution in [-0.4, -0.2) is 19.7 Å². The maximum atomic E-state index is 5.46. The molecule has 2 fully saturated rings. The van der Waals surface area contributed by atoms with Gasteiger partial charge in [0.25, 0.3) is 0 Å². The van der Waals surface area contributed by atoms with Crippen molar-refractivity contribution in [1.29, 1.82) is 0 Å². The number of benzene rings is 1. The molecule has 1 N–H and O–H groups in total. The zero-order valence-electron chi connectivity index (χ0n) is 12.1. The van der Waals surface area contributed by atoms with Gasteiger partial charge in [-0.05, 0) is 48.6 Å². The molecule has 0 bridgehead atoms. The number of hydrogen-bond acceptors (Lipinski definition) is 2. The van der Waals surface area contributed by atoms with E-state index in [0.717, 1.165) is 5.75 Å². The molecular weight excluding hydrogens is 234 g/mol. The highest BCUT2D eigenvalue weighted by Crippen LogP contribution is 2.43. The third-order valence-electron chi connectivity index (χ3n) is 5.09. The van der Waals surface area contributed by atoms with Crippen LogP contribution in [0, 0.1) is 5.41 Å². The Morgan fingerprint density at radius 3 is 2.63 bits per heavy atom. The van der Waals surface area contributed by atoms with E-state index in [1.165, 1.54) is 44.2 Å². The van der Waals surface area contributed by atoms with E-state index in [2.05, 4.69) is 30.4 Å². The van der Waals surface area contributed by atoms with Gasteiger partial charge in [-0.25, -0.2) is 0 Å². The van der Waals surface area contributed by atoms with Crippen LogP contribution in [0.4, 0.5) is 0 Å². The van der Waals surface area contributed by atoms with Gasteiger partial charge in [-0.15, -0.1) is 0 Å². The topological polar surface area (TPSA) is 21.3 Å². The fourth-order valence-corrected chi connectivity index (χ4v) is 3.39. The van der Waals surface area contributed by atoms with Crippen LogP contribution in [0.1, 0.15) is 50.5 Å². The second kappa shape index (κ2) is 5.16. The number of nitrogens with one attached hydrogen (secondary N) is 1. The summed E-state index contributed by atoms with van der Waals surface area (Å²) in [6.45, 7) is 3.62. The van der Waals surface area contributed by atoms with Crippen molar-refractivity contribution < 1.29 is 4.74 Å². The monoisotopic (exact) mass is 259 g/mol. The Bertz CT molecular complexity index is 433. The molecule has 0 amide bonds. The van der Waals surface area contributed by atoms with Gasteiger partial charge in [-0.1, -0.05) is 31.5 Å². The summed E-state index contributed by atoms with van der Waals surface area (Å²) in [7, 11) is 1.77. The van der Waals surface area contributed by atoms with E-state index >= 15 is 0 Å². The maximum Gasteiger partial charge on any atom is 0.122 e. The van der Waals surface area contributed by atoms with Gasteiger partial charge in [0.2, 0.25) is 0 Å². The van der Waals surface area contributed by atoms with Crippen molar-refractivity contribution in [3.05, 3.63) is 29.8 Å². The van der Waals surface area contributed by atoms with E-state index in [4.69, 9.17) is 4.74 Å². The lowest BCUT2D eigenvalue weighted by molar-refractivity contribution is 0.136. The molecule has 0 saturated heterocycles. The number of methoxy groups -OCH3 is 1. The van der Waals surface area contributed by atoms with E-state index in [1.807, 2.05) is 6.07 Å². The van der Waals surface area contributed by atoms with Crippen molar-refractivity contribution in [2.24, 2.45) is 5.41 Å². The molecule has 2 heteroatoms. The molecule has 0 aliphatic heterocycles. The summed E-state index contributed by atoms with van der Waals surface area (Å²) in [6.07, 6.45) is 6.75. The van der Waals surface area contributed by atoms with Crippen molar-refractivity contribution in [3.8, 4) is 5.75 Å². The SMILES string of the molecule is COc1ccccc1C1CC(NCC2(C)CCC2)C1. The summed E-state index contributed by atoms with van der Waals surface area (Å²) in [5.41, 5.74) is 1.98. The van der Waals surface area contributed by atoms with Crippen molar-refractivity contribution in [1.82, 2.24) is 5.32 Å². The summed E-state index contributed by atoms with van der Waals surface area (Å²) >= 11 is 0. The van der Waals surface area contributed by atoms with Gasteiger partial charge < -0.3 is 10.1 Å². The molecule has 1 aromatic carbocycles. The quantitative estimate of drug-likeness (QED) is 0.870. The molecule has 0 unspecified atom stereocenters. The Hall–Kier alpha value is -1.02. The van der Waals surface area contributed by atoms with Gasteiger partial charge in [-0.3, -0.25) is 0 Å². The Balaban J connectivity index is 1.49. The summed E-state index contributed by atoms with van der Waals surface area (Å²) in [6, 6.07) is 9.17. The van der Waals surface area contributed by atoms with Crippen LogP contribution in [0.2, 0.25) is 0 Å². The van der Waals surface area contributed by atoms with E-state index in [9.17, 15) is 0 Å². The lowest BCUT2D eigenvalue weighted by Crippen LogP contribution is -2.46. The average Bonchev–Trinajstić information content (AvgIpc) is 2.35. The lowest BCUT2D eigenvalue weighted by Gasteiger charge is -2.43. The van der Waals surface area contributed by atoms with Gasteiger partial charge in [0.1, 0.15) is 5.75 Å². The molecule has 0 radical (unpaired) electrons. The van der Waals surface area contributed by atoms with E-state index in [0.29, 0.717) is 17.4 Å². The summed E-state index contributed by atoms with van der Waals surface area (Å²) in [4.78, 5) is 0. The first-order chi connectivity index (χ1) is 9.20. The van der Waals surface area contributed by atoms with Gasteiger partial charge in [0, 0.05) is 12.6 Å². The van der Waals surface area contributed by atoms with Crippen LogP contribution >= 0.6 is 0 Å². The molecule has 2 saturated carbocycles. The molecule has 0 atom stereocenters. The average molecular weight is 259 g/mol. The number of ether oxygens (including phenoxy) is 1. The number of hydrogen-bond donors (Lipinski definition) is 1. The van der Waals surface area contributed by atoms with Crippen LogP contribution in [0.25, 0.3) is 0 Å². The summed E-state index contributed by atoms with van der Waals surface area (Å²) in [5, 5.41) is 3.76. The van der Waals surface area contributed by atoms with Crippen LogP contribution in [0.15, 0.2) is 24.3 Å². The highest BCUT2D eigenvalue weighted by molar-refractivity contribution is 5.37. The van der Waals surface area contributed by atoms with E-state index in [-0.39, 0.29) is 0 Å². The summed E-state index contributed by atoms with van der Waals surface area (Å²) in [5.74, 6) is 1.74. The molecule has 2 aliphatic rings. The minimum atomic E-state index is 0.593. The summed E-state index contributed by atoms with van der Waals surface area (Å²) < 4.78 is 5.46. The fourth-order valence-electron chi connectivity index (χ4n) is 3.39. The molecule has 0 spiro atoms. The lowest BCUT2D eigenvalue weighted by atomic mass is 9.69. The van der Waals surface area contributed by atoms with Crippen LogP contribution in [0.5, 0.6) is 5.75 Å². The zero-order valence-corrected chi connectivity index (χ0v) is 12.1. The van der Waals surface area contributed by atoms with E-state index < -0.39 is 0 Å². The first-order valence-electron chi connectivity index (χ1n) is 7.56. The molecule has 19 heavy (non-hydrogen) atoms. The Morgan fingerprint density at radius 1 is 1.26 bits per heavy atom. The number of para-hydroxylation sites is 1. The Morgan fingerprint density at radius 2 is 2.00 bits per heavy atom. The minimum absolute atomic E-state index is 0.593. The molecule has 1 aromatic rings. The van der Waals surface area contributed by atoms with Crippen molar-refractivity contribution >= 4 is 0 Å². The van der Waals surface area contributed by atoms with Gasteiger partial charge in [0.05, 0.1) is 7.11 Å². The third-order valence-corrected chi connectivity index (χ3v) is 5.09. The smallest absolute Gasteiger partial charge is 0.122 e. The minimum Gasteiger partial charge on any atom is -0.496 e. The Kier molecular flexibility index (Phi) is 3.53. The normalized spacial score (nSPS) is 28.3. The first-order valence-corrected chi connectivity index (χ1v) is 7.56. The van der Waals surface area contributed by atoms with Crippen molar-refractivity contribution in [2.45, 2.75) is 51.0 Å². The molecule has 0 heterocycles. The zero-order chi connectivity index (χ0) is 13.3. The number of rotatable bonds is 5. The van der Waals surface area contributed by atoms with Crippen LogP contribution in [0.3, 0.4) is 0 Å². The molecule has 0 aromatic heterocycles. The fraction of sp³-hybridized carbons (Fsp3) is 0.647. The largest absolute Gasteiger partial charge is 0.496 e. The van der Waals surface area contributed by atoms with Gasteiger partial charge >= 0.3 is 0 Å².